The Labute approximate surface area is 173 Å². The predicted octanol–water partition coefficient (Wildman–Crippen LogP) is 4.93. The summed E-state index contributed by atoms with van der Waals surface area (Å²) in [4.78, 5) is 17.7. The molecular formula is C22H18N2O3S2. The minimum atomic E-state index is -3.40. The first-order chi connectivity index (χ1) is 13.8. The van der Waals surface area contributed by atoms with Gasteiger partial charge in [-0.25, -0.2) is 13.4 Å². The summed E-state index contributed by atoms with van der Waals surface area (Å²) in [6, 6.07) is 19.9. The number of nitrogens with zero attached hydrogens (tertiary/aromatic N) is 1. The van der Waals surface area contributed by atoms with Crippen LogP contribution in [0.2, 0.25) is 0 Å². The molecule has 1 N–H and O–H groups in total. The van der Waals surface area contributed by atoms with Crippen molar-refractivity contribution in [1.82, 2.24) is 4.98 Å². The van der Waals surface area contributed by atoms with E-state index in [1.165, 1.54) is 12.1 Å². The van der Waals surface area contributed by atoms with Crippen LogP contribution in [-0.4, -0.2) is 25.6 Å². The second-order valence-electron chi connectivity index (χ2n) is 6.74. The van der Waals surface area contributed by atoms with Crippen molar-refractivity contribution in [1.29, 1.82) is 0 Å². The van der Waals surface area contributed by atoms with Gasteiger partial charge in [-0.15, -0.1) is 11.3 Å². The van der Waals surface area contributed by atoms with Gasteiger partial charge in [-0.1, -0.05) is 30.3 Å². The average molecular weight is 423 g/mol. The van der Waals surface area contributed by atoms with Gasteiger partial charge in [0.15, 0.2) is 9.84 Å². The Kier molecular flexibility index (Phi) is 4.94. The fourth-order valence-corrected chi connectivity index (χ4v) is 4.68. The molecule has 0 aliphatic heterocycles. The molecule has 0 saturated heterocycles. The SMILES string of the molecule is Cc1ccc(S(C)(=O)=O)cc1C(=O)Nc1ccccc1-c1nc2ccccc2s1. The minimum Gasteiger partial charge on any atom is -0.321 e. The maximum atomic E-state index is 12.9. The number of amides is 1. The summed E-state index contributed by atoms with van der Waals surface area (Å²) in [6.45, 7) is 1.78. The third kappa shape index (κ3) is 3.92. The smallest absolute Gasteiger partial charge is 0.255 e. The molecule has 0 aliphatic carbocycles. The maximum absolute atomic E-state index is 12.9. The van der Waals surface area contributed by atoms with Crippen molar-refractivity contribution in [3.8, 4) is 10.6 Å². The van der Waals surface area contributed by atoms with E-state index < -0.39 is 9.84 Å². The van der Waals surface area contributed by atoms with E-state index in [1.807, 2.05) is 48.5 Å². The number of hydrogen-bond donors (Lipinski definition) is 1. The number of benzene rings is 3. The van der Waals surface area contributed by atoms with Crippen LogP contribution in [0.4, 0.5) is 5.69 Å². The van der Waals surface area contributed by atoms with Crippen molar-refractivity contribution < 1.29 is 13.2 Å². The fourth-order valence-electron chi connectivity index (χ4n) is 3.03. The molecule has 0 bridgehead atoms. The number of aryl methyl sites for hydroxylation is 1. The van der Waals surface area contributed by atoms with Crippen LogP contribution in [-0.2, 0) is 9.84 Å². The first kappa shape index (κ1) is 19.3. The van der Waals surface area contributed by atoms with Crippen LogP contribution in [0, 0.1) is 6.92 Å². The zero-order valence-electron chi connectivity index (χ0n) is 15.8. The lowest BCUT2D eigenvalue weighted by molar-refractivity contribution is 0.102. The third-order valence-electron chi connectivity index (χ3n) is 4.58. The Morgan fingerprint density at radius 2 is 1.72 bits per heavy atom. The summed E-state index contributed by atoms with van der Waals surface area (Å²) in [5, 5.41) is 3.73. The van der Waals surface area contributed by atoms with E-state index in [0.717, 1.165) is 27.0 Å². The zero-order chi connectivity index (χ0) is 20.6. The standard InChI is InChI=1S/C22H18N2O3S2/c1-14-11-12-15(29(2,26)27)13-17(14)21(25)23-18-8-4-3-7-16(18)22-24-19-9-5-6-10-20(19)28-22/h3-13H,1-2H3,(H,23,25). The number of aromatic nitrogens is 1. The lowest BCUT2D eigenvalue weighted by Gasteiger charge is -2.12. The van der Waals surface area contributed by atoms with Crippen molar-refractivity contribution in [2.45, 2.75) is 11.8 Å². The second kappa shape index (κ2) is 7.42. The molecule has 0 unspecified atom stereocenters. The molecule has 1 heterocycles. The van der Waals surface area contributed by atoms with E-state index in [0.29, 0.717) is 16.8 Å². The van der Waals surface area contributed by atoms with Crippen LogP contribution in [0.3, 0.4) is 0 Å². The van der Waals surface area contributed by atoms with Crippen LogP contribution in [0.5, 0.6) is 0 Å². The lowest BCUT2D eigenvalue weighted by atomic mass is 10.1. The van der Waals surface area contributed by atoms with E-state index in [1.54, 1.807) is 24.3 Å². The first-order valence-corrected chi connectivity index (χ1v) is 11.6. The number of thiazole rings is 1. The zero-order valence-corrected chi connectivity index (χ0v) is 17.5. The van der Waals surface area contributed by atoms with E-state index in [9.17, 15) is 13.2 Å². The molecule has 146 valence electrons. The van der Waals surface area contributed by atoms with E-state index in [4.69, 9.17) is 0 Å². The second-order valence-corrected chi connectivity index (χ2v) is 9.78. The number of nitrogens with one attached hydrogen (secondary N) is 1. The molecule has 0 radical (unpaired) electrons. The number of hydrogen-bond acceptors (Lipinski definition) is 5. The molecule has 1 amide bonds. The van der Waals surface area contributed by atoms with Crippen molar-refractivity contribution in [2.24, 2.45) is 0 Å². The summed E-state index contributed by atoms with van der Waals surface area (Å²) >= 11 is 1.55. The molecule has 29 heavy (non-hydrogen) atoms. The molecule has 1 aromatic heterocycles. The van der Waals surface area contributed by atoms with Gasteiger partial charge in [0.2, 0.25) is 0 Å². The fraction of sp³-hybridized carbons (Fsp3) is 0.0909. The van der Waals surface area contributed by atoms with Gasteiger partial charge >= 0.3 is 0 Å². The van der Waals surface area contributed by atoms with E-state index >= 15 is 0 Å². The van der Waals surface area contributed by atoms with Crippen LogP contribution < -0.4 is 5.32 Å². The lowest BCUT2D eigenvalue weighted by Crippen LogP contribution is -2.15. The highest BCUT2D eigenvalue weighted by molar-refractivity contribution is 7.90. The monoisotopic (exact) mass is 422 g/mol. The van der Waals surface area contributed by atoms with Crippen molar-refractivity contribution in [2.75, 3.05) is 11.6 Å². The molecule has 4 rings (SSSR count). The summed E-state index contributed by atoms with van der Waals surface area (Å²) in [5.74, 6) is -0.360. The Morgan fingerprint density at radius 3 is 2.48 bits per heavy atom. The molecular weight excluding hydrogens is 404 g/mol. The highest BCUT2D eigenvalue weighted by Crippen LogP contribution is 2.34. The maximum Gasteiger partial charge on any atom is 0.255 e. The summed E-state index contributed by atoms with van der Waals surface area (Å²) < 4.78 is 24.8. The summed E-state index contributed by atoms with van der Waals surface area (Å²) in [6.07, 6.45) is 1.13. The first-order valence-electron chi connectivity index (χ1n) is 8.90. The minimum absolute atomic E-state index is 0.118. The number of rotatable bonds is 4. The van der Waals surface area contributed by atoms with Crippen LogP contribution >= 0.6 is 11.3 Å². The molecule has 0 aliphatic rings. The molecule has 3 aromatic carbocycles. The quantitative estimate of drug-likeness (QED) is 0.506. The molecule has 5 nitrogen and oxygen atoms in total. The molecule has 7 heteroatoms. The van der Waals surface area contributed by atoms with Crippen LogP contribution in [0.15, 0.2) is 71.6 Å². The van der Waals surface area contributed by atoms with Gasteiger partial charge < -0.3 is 5.32 Å². The van der Waals surface area contributed by atoms with Gasteiger partial charge in [0.05, 0.1) is 20.8 Å². The molecule has 0 spiro atoms. The highest BCUT2D eigenvalue weighted by Gasteiger charge is 2.17. The molecule has 0 fully saturated rings. The Hall–Kier alpha value is -3.03. The van der Waals surface area contributed by atoms with Gasteiger partial charge in [-0.05, 0) is 48.9 Å². The highest BCUT2D eigenvalue weighted by atomic mass is 32.2. The Morgan fingerprint density at radius 1 is 1.00 bits per heavy atom. The average Bonchev–Trinajstić information content (AvgIpc) is 3.11. The predicted molar refractivity (Wildman–Crippen MR) is 117 cm³/mol. The topological polar surface area (TPSA) is 76.1 Å². The third-order valence-corrected chi connectivity index (χ3v) is 6.76. The number of anilines is 1. The number of carbonyl (C=O) groups is 1. The normalized spacial score (nSPS) is 11.5. The van der Waals surface area contributed by atoms with Crippen molar-refractivity contribution in [3.63, 3.8) is 0 Å². The number of sulfone groups is 1. The van der Waals surface area contributed by atoms with Crippen molar-refractivity contribution >= 4 is 43.0 Å². The number of fused-ring (bicyclic) bond motifs is 1. The largest absolute Gasteiger partial charge is 0.321 e. The van der Waals surface area contributed by atoms with E-state index in [2.05, 4.69) is 10.3 Å². The Bertz CT molecular complexity index is 1310. The van der Waals surface area contributed by atoms with Crippen LogP contribution in [0.1, 0.15) is 15.9 Å². The summed E-state index contributed by atoms with van der Waals surface area (Å²) in [7, 11) is -3.40. The van der Waals surface area contributed by atoms with E-state index in [-0.39, 0.29) is 10.8 Å². The molecule has 4 aromatic rings. The van der Waals surface area contributed by atoms with Gasteiger partial charge in [0.1, 0.15) is 5.01 Å². The van der Waals surface area contributed by atoms with Gasteiger partial charge in [0.25, 0.3) is 5.91 Å². The van der Waals surface area contributed by atoms with Gasteiger partial charge in [-0.2, -0.15) is 0 Å². The van der Waals surface area contributed by atoms with Crippen molar-refractivity contribution in [3.05, 3.63) is 77.9 Å². The van der Waals surface area contributed by atoms with Gasteiger partial charge in [-0.3, -0.25) is 4.79 Å². The number of carbonyl (C=O) groups excluding carboxylic acids is 1. The molecule has 0 atom stereocenters. The Balaban J connectivity index is 1.72. The van der Waals surface area contributed by atoms with Gasteiger partial charge in [0, 0.05) is 17.4 Å². The van der Waals surface area contributed by atoms with Crippen LogP contribution in [0.25, 0.3) is 20.8 Å². The number of para-hydroxylation sites is 2. The summed E-state index contributed by atoms with van der Waals surface area (Å²) in [5.41, 5.74) is 3.38. The molecule has 0 saturated carbocycles.